The predicted molar refractivity (Wildman–Crippen MR) is 115 cm³/mol. The Labute approximate surface area is 172 Å². The molecule has 0 saturated heterocycles. The van der Waals surface area contributed by atoms with Crippen LogP contribution in [-0.2, 0) is 4.79 Å². The van der Waals surface area contributed by atoms with Crippen LogP contribution in [0.4, 0.5) is 5.69 Å². The minimum atomic E-state index is -0.342. The smallest absolute Gasteiger partial charge is 0.255 e. The van der Waals surface area contributed by atoms with E-state index in [4.69, 9.17) is 17.0 Å². The van der Waals surface area contributed by atoms with Crippen molar-refractivity contribution in [2.45, 2.75) is 19.9 Å². The number of hydrogen-bond donors (Lipinski definition) is 3. The van der Waals surface area contributed by atoms with Crippen molar-refractivity contribution < 1.29 is 9.53 Å². The highest BCUT2D eigenvalue weighted by Crippen LogP contribution is 2.30. The molecule has 27 heavy (non-hydrogen) atoms. The summed E-state index contributed by atoms with van der Waals surface area (Å²) in [6, 6.07) is 14.9. The second-order valence-electron chi connectivity index (χ2n) is 6.00. The van der Waals surface area contributed by atoms with E-state index in [0.29, 0.717) is 28.7 Å². The zero-order valence-electron chi connectivity index (χ0n) is 15.0. The number of hydrogen-bond acceptors (Lipinski definition) is 3. The molecule has 1 amide bonds. The molecule has 7 heteroatoms. The van der Waals surface area contributed by atoms with Gasteiger partial charge in [0.1, 0.15) is 5.75 Å². The van der Waals surface area contributed by atoms with Crippen LogP contribution < -0.4 is 20.7 Å². The molecule has 1 aliphatic rings. The van der Waals surface area contributed by atoms with Crippen LogP contribution in [0.1, 0.15) is 25.5 Å². The molecule has 1 heterocycles. The average molecular weight is 446 g/mol. The lowest BCUT2D eigenvalue weighted by Gasteiger charge is -2.30. The van der Waals surface area contributed by atoms with Crippen LogP contribution in [-0.4, -0.2) is 17.6 Å². The first-order valence-electron chi connectivity index (χ1n) is 8.56. The number of thiocarbonyl (C=S) groups is 1. The number of carbonyl (C=O) groups is 1. The van der Waals surface area contributed by atoms with Gasteiger partial charge in [-0.1, -0.05) is 40.2 Å². The van der Waals surface area contributed by atoms with Gasteiger partial charge in [0, 0.05) is 10.2 Å². The zero-order chi connectivity index (χ0) is 19.4. The normalized spacial score (nSPS) is 16.4. The van der Waals surface area contributed by atoms with E-state index in [1.807, 2.05) is 62.4 Å². The molecule has 0 fully saturated rings. The number of ether oxygens (including phenoxy) is 1. The molecule has 1 aliphatic heterocycles. The van der Waals surface area contributed by atoms with Gasteiger partial charge in [-0.05, 0) is 55.9 Å². The van der Waals surface area contributed by atoms with Gasteiger partial charge in [-0.15, -0.1) is 0 Å². The summed E-state index contributed by atoms with van der Waals surface area (Å²) < 4.78 is 6.58. The number of carbonyl (C=O) groups excluding carboxylic acids is 1. The van der Waals surface area contributed by atoms with Gasteiger partial charge >= 0.3 is 0 Å². The van der Waals surface area contributed by atoms with Crippen LogP contribution in [0.15, 0.2) is 64.3 Å². The van der Waals surface area contributed by atoms with E-state index < -0.39 is 0 Å². The van der Waals surface area contributed by atoms with Gasteiger partial charge in [0.15, 0.2) is 5.11 Å². The Hall–Kier alpha value is -2.38. The Balaban J connectivity index is 1.93. The number of anilines is 1. The van der Waals surface area contributed by atoms with Gasteiger partial charge in [0.25, 0.3) is 5.91 Å². The largest absolute Gasteiger partial charge is 0.492 e. The van der Waals surface area contributed by atoms with E-state index in [-0.39, 0.29) is 11.9 Å². The second-order valence-corrected chi connectivity index (χ2v) is 7.33. The fourth-order valence-electron chi connectivity index (χ4n) is 2.94. The van der Waals surface area contributed by atoms with Crippen molar-refractivity contribution >= 4 is 44.9 Å². The molecule has 140 valence electrons. The highest BCUT2D eigenvalue weighted by molar-refractivity contribution is 9.10. The molecule has 3 N–H and O–H groups in total. The first-order valence-corrected chi connectivity index (χ1v) is 9.76. The third kappa shape index (κ3) is 4.48. The maximum Gasteiger partial charge on any atom is 0.255 e. The molecule has 0 unspecified atom stereocenters. The minimum absolute atomic E-state index is 0.213. The van der Waals surface area contributed by atoms with Crippen molar-refractivity contribution in [3.63, 3.8) is 0 Å². The third-order valence-electron chi connectivity index (χ3n) is 4.15. The van der Waals surface area contributed by atoms with Crippen molar-refractivity contribution in [3.8, 4) is 5.75 Å². The molecular weight excluding hydrogens is 426 g/mol. The number of para-hydroxylation sites is 2. The molecule has 0 bridgehead atoms. The molecule has 0 radical (unpaired) electrons. The minimum Gasteiger partial charge on any atom is -0.492 e. The highest BCUT2D eigenvalue weighted by Gasteiger charge is 2.30. The van der Waals surface area contributed by atoms with Crippen molar-refractivity contribution in [1.82, 2.24) is 10.6 Å². The van der Waals surface area contributed by atoms with E-state index >= 15 is 0 Å². The maximum atomic E-state index is 13.1. The fourth-order valence-corrected chi connectivity index (χ4v) is 3.48. The van der Waals surface area contributed by atoms with Crippen LogP contribution >= 0.6 is 28.1 Å². The topological polar surface area (TPSA) is 62.4 Å². The first-order chi connectivity index (χ1) is 13.0. The number of benzene rings is 2. The van der Waals surface area contributed by atoms with Crippen molar-refractivity contribution in [1.29, 1.82) is 0 Å². The molecule has 3 rings (SSSR count). The lowest BCUT2D eigenvalue weighted by atomic mass is 9.95. The molecule has 2 aromatic rings. The standard InChI is InChI=1S/C20H20BrN3O2S/c1-3-26-16-7-5-4-6-15(16)23-19(25)17-12(2)22-20(27)24-18(17)13-8-10-14(21)11-9-13/h4-11,18H,3H2,1-2H3,(H,23,25)(H2,22,24,27)/t18-/m0/s1. The Kier molecular flexibility index (Phi) is 6.13. The number of halogens is 1. The van der Waals surface area contributed by atoms with Crippen molar-refractivity contribution in [3.05, 3.63) is 69.8 Å². The summed E-state index contributed by atoms with van der Waals surface area (Å²) in [5.74, 6) is 0.425. The number of allylic oxidation sites excluding steroid dienone is 1. The fraction of sp³-hybridized carbons (Fsp3) is 0.200. The third-order valence-corrected chi connectivity index (χ3v) is 4.90. The van der Waals surface area contributed by atoms with Gasteiger partial charge in [-0.25, -0.2) is 0 Å². The molecule has 5 nitrogen and oxygen atoms in total. The molecular formula is C20H20BrN3O2S. The van der Waals surface area contributed by atoms with Gasteiger partial charge in [-0.3, -0.25) is 4.79 Å². The van der Waals surface area contributed by atoms with E-state index in [1.165, 1.54) is 0 Å². The highest BCUT2D eigenvalue weighted by atomic mass is 79.9. The maximum absolute atomic E-state index is 13.1. The molecule has 2 aromatic carbocycles. The number of amides is 1. The Morgan fingerprint density at radius 2 is 1.93 bits per heavy atom. The van der Waals surface area contributed by atoms with E-state index in [0.717, 1.165) is 15.7 Å². The lowest BCUT2D eigenvalue weighted by Crippen LogP contribution is -2.45. The summed E-state index contributed by atoms with van der Waals surface area (Å²) in [6.45, 7) is 4.28. The van der Waals surface area contributed by atoms with E-state index in [1.54, 1.807) is 0 Å². The zero-order valence-corrected chi connectivity index (χ0v) is 17.4. The summed E-state index contributed by atoms with van der Waals surface area (Å²) in [6.07, 6.45) is 0. The summed E-state index contributed by atoms with van der Waals surface area (Å²) >= 11 is 8.73. The van der Waals surface area contributed by atoms with Gasteiger partial charge in [-0.2, -0.15) is 0 Å². The molecule has 0 aromatic heterocycles. The molecule has 0 saturated carbocycles. The number of nitrogens with one attached hydrogen (secondary N) is 3. The quantitative estimate of drug-likeness (QED) is 0.599. The molecule has 1 atom stereocenters. The van der Waals surface area contributed by atoms with Crippen LogP contribution in [0.25, 0.3) is 0 Å². The van der Waals surface area contributed by atoms with Crippen molar-refractivity contribution in [2.24, 2.45) is 0 Å². The summed E-state index contributed by atoms with van der Waals surface area (Å²) in [4.78, 5) is 13.1. The summed E-state index contributed by atoms with van der Waals surface area (Å²) in [7, 11) is 0. The van der Waals surface area contributed by atoms with Gasteiger partial charge < -0.3 is 20.7 Å². The van der Waals surface area contributed by atoms with Crippen LogP contribution in [0, 0.1) is 0 Å². The number of rotatable bonds is 5. The van der Waals surface area contributed by atoms with Gasteiger partial charge in [0.2, 0.25) is 0 Å². The van der Waals surface area contributed by atoms with E-state index in [9.17, 15) is 4.79 Å². The second kappa shape index (κ2) is 8.54. The molecule has 0 spiro atoms. The van der Waals surface area contributed by atoms with Crippen LogP contribution in [0.2, 0.25) is 0 Å². The Morgan fingerprint density at radius 1 is 1.22 bits per heavy atom. The van der Waals surface area contributed by atoms with Crippen LogP contribution in [0.3, 0.4) is 0 Å². The Bertz CT molecular complexity index is 896. The lowest BCUT2D eigenvalue weighted by molar-refractivity contribution is -0.113. The predicted octanol–water partition coefficient (Wildman–Crippen LogP) is 4.28. The monoisotopic (exact) mass is 445 g/mol. The van der Waals surface area contributed by atoms with Gasteiger partial charge in [0.05, 0.1) is 23.9 Å². The SMILES string of the molecule is CCOc1ccccc1NC(=O)C1=C(C)NC(=S)N[C@H]1c1ccc(Br)cc1. The Morgan fingerprint density at radius 3 is 2.63 bits per heavy atom. The summed E-state index contributed by atoms with van der Waals surface area (Å²) in [5.41, 5.74) is 2.88. The van der Waals surface area contributed by atoms with Crippen LogP contribution in [0.5, 0.6) is 5.75 Å². The van der Waals surface area contributed by atoms with Crippen molar-refractivity contribution in [2.75, 3.05) is 11.9 Å². The summed E-state index contributed by atoms with van der Waals surface area (Å²) in [5, 5.41) is 9.70. The average Bonchev–Trinajstić information content (AvgIpc) is 2.63. The first kappa shape index (κ1) is 19.4. The molecule has 0 aliphatic carbocycles. The van der Waals surface area contributed by atoms with E-state index in [2.05, 4.69) is 31.9 Å².